The Kier molecular flexibility index (Phi) is 4.52. The number of hydrogen-bond donors (Lipinski definition) is 1. The summed E-state index contributed by atoms with van der Waals surface area (Å²) in [5.74, 6) is 0.892. The summed E-state index contributed by atoms with van der Waals surface area (Å²) in [4.78, 5) is 2.59. The lowest BCUT2D eigenvalue weighted by Gasteiger charge is -2.23. The van der Waals surface area contributed by atoms with E-state index in [1.165, 1.54) is 63.8 Å². The van der Waals surface area contributed by atoms with Crippen molar-refractivity contribution in [2.45, 2.75) is 38.6 Å². The molecule has 0 saturated carbocycles. The fraction of sp³-hybridized carbons (Fsp3) is 0.647. The lowest BCUT2D eigenvalue weighted by Crippen LogP contribution is -2.28. The lowest BCUT2D eigenvalue weighted by molar-refractivity contribution is 0.331. The molecular weight excluding hydrogens is 232 g/mol. The molecule has 2 nitrogen and oxygen atoms in total. The summed E-state index contributed by atoms with van der Waals surface area (Å²) in [7, 11) is 0. The molecule has 2 saturated heterocycles. The lowest BCUT2D eigenvalue weighted by atomic mass is 9.90. The van der Waals surface area contributed by atoms with E-state index in [-0.39, 0.29) is 0 Å². The van der Waals surface area contributed by atoms with E-state index < -0.39 is 0 Å². The number of rotatable bonds is 4. The molecule has 1 aromatic rings. The maximum absolute atomic E-state index is 3.45. The average molecular weight is 258 g/mol. The molecule has 104 valence electrons. The van der Waals surface area contributed by atoms with E-state index in [9.17, 15) is 0 Å². The first-order valence-electron chi connectivity index (χ1n) is 7.91. The van der Waals surface area contributed by atoms with Gasteiger partial charge in [-0.25, -0.2) is 0 Å². The van der Waals surface area contributed by atoms with Crippen molar-refractivity contribution in [1.29, 1.82) is 0 Å². The standard InChI is InChI=1S/C17H26N2/c1-2-11-19(10-1)14-17-5-3-4-16(13-17)12-15-6-8-18-9-7-15/h3-5,13,15,18H,1-2,6-12,14H2. The summed E-state index contributed by atoms with van der Waals surface area (Å²) in [6, 6.07) is 9.31. The van der Waals surface area contributed by atoms with Crippen molar-refractivity contribution in [2.24, 2.45) is 5.92 Å². The molecule has 2 fully saturated rings. The van der Waals surface area contributed by atoms with E-state index in [4.69, 9.17) is 0 Å². The third kappa shape index (κ3) is 3.80. The summed E-state index contributed by atoms with van der Waals surface area (Å²) in [5.41, 5.74) is 3.05. The SMILES string of the molecule is c1cc(CC2CCNCC2)cc(CN2CCCC2)c1. The summed E-state index contributed by atoms with van der Waals surface area (Å²) >= 11 is 0. The molecule has 0 atom stereocenters. The van der Waals surface area contributed by atoms with Crippen LogP contribution in [-0.2, 0) is 13.0 Å². The van der Waals surface area contributed by atoms with Crippen LogP contribution in [0, 0.1) is 5.92 Å². The van der Waals surface area contributed by atoms with Crippen molar-refractivity contribution in [1.82, 2.24) is 10.2 Å². The van der Waals surface area contributed by atoms with Crippen molar-refractivity contribution in [3.05, 3.63) is 35.4 Å². The van der Waals surface area contributed by atoms with E-state index in [2.05, 4.69) is 34.5 Å². The highest BCUT2D eigenvalue weighted by Crippen LogP contribution is 2.20. The van der Waals surface area contributed by atoms with Crippen LogP contribution in [0.5, 0.6) is 0 Å². The predicted molar refractivity (Wildman–Crippen MR) is 80.3 cm³/mol. The van der Waals surface area contributed by atoms with Crippen LogP contribution in [0.3, 0.4) is 0 Å². The number of benzene rings is 1. The van der Waals surface area contributed by atoms with Crippen LogP contribution in [0.1, 0.15) is 36.8 Å². The van der Waals surface area contributed by atoms with Gasteiger partial charge in [-0.05, 0) is 75.3 Å². The second-order valence-electron chi connectivity index (χ2n) is 6.20. The molecule has 2 heterocycles. The van der Waals surface area contributed by atoms with E-state index in [1.807, 2.05) is 0 Å². The van der Waals surface area contributed by atoms with Gasteiger partial charge >= 0.3 is 0 Å². The van der Waals surface area contributed by atoms with Crippen molar-refractivity contribution in [3.63, 3.8) is 0 Å². The number of nitrogens with zero attached hydrogens (tertiary/aromatic N) is 1. The molecular formula is C17H26N2. The fourth-order valence-corrected chi connectivity index (χ4v) is 3.47. The van der Waals surface area contributed by atoms with E-state index in [1.54, 1.807) is 5.56 Å². The van der Waals surface area contributed by atoms with Gasteiger partial charge in [0, 0.05) is 6.54 Å². The number of nitrogens with one attached hydrogen (secondary N) is 1. The van der Waals surface area contributed by atoms with Gasteiger partial charge in [0.15, 0.2) is 0 Å². The van der Waals surface area contributed by atoms with E-state index in [0.717, 1.165) is 12.5 Å². The zero-order valence-corrected chi connectivity index (χ0v) is 11.9. The Morgan fingerprint density at radius 1 is 1.05 bits per heavy atom. The van der Waals surface area contributed by atoms with Crippen LogP contribution in [0.15, 0.2) is 24.3 Å². The summed E-state index contributed by atoms with van der Waals surface area (Å²) < 4.78 is 0. The highest BCUT2D eigenvalue weighted by Gasteiger charge is 2.15. The summed E-state index contributed by atoms with van der Waals surface area (Å²) in [6.07, 6.45) is 6.73. The highest BCUT2D eigenvalue weighted by atomic mass is 15.1. The molecule has 1 aromatic carbocycles. The van der Waals surface area contributed by atoms with Gasteiger partial charge in [0.05, 0.1) is 0 Å². The maximum Gasteiger partial charge on any atom is 0.0233 e. The minimum absolute atomic E-state index is 0.892. The topological polar surface area (TPSA) is 15.3 Å². The van der Waals surface area contributed by atoms with Gasteiger partial charge in [0.2, 0.25) is 0 Å². The molecule has 2 aliphatic rings. The van der Waals surface area contributed by atoms with Gasteiger partial charge in [-0.3, -0.25) is 4.90 Å². The molecule has 0 amide bonds. The van der Waals surface area contributed by atoms with E-state index >= 15 is 0 Å². The quantitative estimate of drug-likeness (QED) is 0.893. The van der Waals surface area contributed by atoms with Crippen LogP contribution in [0.4, 0.5) is 0 Å². The second kappa shape index (κ2) is 6.53. The Labute approximate surface area is 117 Å². The zero-order chi connectivity index (χ0) is 12.9. The largest absolute Gasteiger partial charge is 0.317 e. The molecule has 0 bridgehead atoms. The molecule has 0 aromatic heterocycles. The Hall–Kier alpha value is -0.860. The fourth-order valence-electron chi connectivity index (χ4n) is 3.47. The molecule has 0 aliphatic carbocycles. The first kappa shape index (κ1) is 13.1. The second-order valence-corrected chi connectivity index (χ2v) is 6.20. The van der Waals surface area contributed by atoms with Gasteiger partial charge in [0.25, 0.3) is 0 Å². The number of hydrogen-bond acceptors (Lipinski definition) is 2. The molecule has 2 heteroatoms. The van der Waals surface area contributed by atoms with E-state index in [0.29, 0.717) is 0 Å². The molecule has 0 unspecified atom stereocenters. The van der Waals surface area contributed by atoms with Crippen LogP contribution in [0.25, 0.3) is 0 Å². The Balaban J connectivity index is 1.58. The van der Waals surface area contributed by atoms with Gasteiger partial charge in [-0.15, -0.1) is 0 Å². The molecule has 19 heavy (non-hydrogen) atoms. The van der Waals surface area contributed by atoms with Crippen molar-refractivity contribution >= 4 is 0 Å². The molecule has 1 N–H and O–H groups in total. The van der Waals surface area contributed by atoms with Crippen LogP contribution < -0.4 is 5.32 Å². The van der Waals surface area contributed by atoms with Crippen LogP contribution >= 0.6 is 0 Å². The van der Waals surface area contributed by atoms with Crippen molar-refractivity contribution in [3.8, 4) is 0 Å². The predicted octanol–water partition coefficient (Wildman–Crippen LogP) is 2.82. The van der Waals surface area contributed by atoms with Gasteiger partial charge in [-0.2, -0.15) is 0 Å². The maximum atomic E-state index is 3.45. The molecule has 3 rings (SSSR count). The number of piperidine rings is 1. The van der Waals surface area contributed by atoms with Crippen molar-refractivity contribution < 1.29 is 0 Å². The highest BCUT2D eigenvalue weighted by molar-refractivity contribution is 5.24. The average Bonchev–Trinajstić information content (AvgIpc) is 2.93. The van der Waals surface area contributed by atoms with Crippen LogP contribution in [-0.4, -0.2) is 31.1 Å². The van der Waals surface area contributed by atoms with Crippen LogP contribution in [0.2, 0.25) is 0 Å². The third-order valence-electron chi connectivity index (χ3n) is 4.58. The Bertz CT molecular complexity index is 390. The third-order valence-corrected chi connectivity index (χ3v) is 4.58. The molecule has 0 radical (unpaired) electrons. The monoisotopic (exact) mass is 258 g/mol. The first-order valence-corrected chi connectivity index (χ1v) is 7.91. The number of likely N-dealkylation sites (tertiary alicyclic amines) is 1. The molecule has 2 aliphatic heterocycles. The Morgan fingerprint density at radius 3 is 2.58 bits per heavy atom. The normalized spacial score (nSPS) is 21.9. The summed E-state index contributed by atoms with van der Waals surface area (Å²) in [6.45, 7) is 6.15. The Morgan fingerprint density at radius 2 is 1.79 bits per heavy atom. The minimum atomic E-state index is 0.892. The molecule has 0 spiro atoms. The minimum Gasteiger partial charge on any atom is -0.317 e. The summed E-state index contributed by atoms with van der Waals surface area (Å²) in [5, 5.41) is 3.45. The van der Waals surface area contributed by atoms with Crippen molar-refractivity contribution in [2.75, 3.05) is 26.2 Å². The van der Waals surface area contributed by atoms with Gasteiger partial charge < -0.3 is 5.32 Å². The zero-order valence-electron chi connectivity index (χ0n) is 11.9. The first-order chi connectivity index (χ1) is 9.40. The van der Waals surface area contributed by atoms with Gasteiger partial charge in [0.1, 0.15) is 0 Å². The smallest absolute Gasteiger partial charge is 0.0233 e. The van der Waals surface area contributed by atoms with Gasteiger partial charge in [-0.1, -0.05) is 24.3 Å².